The summed E-state index contributed by atoms with van der Waals surface area (Å²) in [4.78, 5) is 29.2. The van der Waals surface area contributed by atoms with E-state index in [1.165, 1.54) is 17.0 Å². The monoisotopic (exact) mass is 609 g/mol. The lowest BCUT2D eigenvalue weighted by atomic mass is 10.1. The summed E-state index contributed by atoms with van der Waals surface area (Å²) in [5.41, 5.74) is 1.88. The van der Waals surface area contributed by atoms with Crippen molar-refractivity contribution in [3.05, 3.63) is 83.9 Å². The number of hydrogen-bond acceptors (Lipinski definition) is 6. The second-order valence-corrected chi connectivity index (χ2v) is 12.5. The van der Waals surface area contributed by atoms with E-state index in [0.717, 1.165) is 15.4 Å². The van der Waals surface area contributed by atoms with Crippen LogP contribution < -0.4 is 19.1 Å². The fourth-order valence-corrected chi connectivity index (χ4v) is 6.03. The molecule has 1 unspecified atom stereocenters. The molecule has 43 heavy (non-hydrogen) atoms. The second kappa shape index (κ2) is 15.4. The average molecular weight is 610 g/mol. The lowest BCUT2D eigenvalue weighted by Crippen LogP contribution is -2.52. The third kappa shape index (κ3) is 8.73. The van der Waals surface area contributed by atoms with Crippen molar-refractivity contribution >= 4 is 27.5 Å². The summed E-state index contributed by atoms with van der Waals surface area (Å²) in [5, 5.41) is 2.94. The van der Waals surface area contributed by atoms with E-state index in [1.54, 1.807) is 62.6 Å². The van der Waals surface area contributed by atoms with Crippen molar-refractivity contribution in [2.45, 2.75) is 58.5 Å². The number of anilines is 1. The van der Waals surface area contributed by atoms with Gasteiger partial charge in [0.15, 0.2) is 0 Å². The fraction of sp³-hybridized carbons (Fsp3) is 0.394. The van der Waals surface area contributed by atoms with E-state index >= 15 is 0 Å². The van der Waals surface area contributed by atoms with Crippen molar-refractivity contribution in [3.8, 4) is 11.5 Å². The Morgan fingerprint density at radius 2 is 1.65 bits per heavy atom. The van der Waals surface area contributed by atoms with Crippen LogP contribution in [0.1, 0.15) is 45.2 Å². The van der Waals surface area contributed by atoms with Gasteiger partial charge in [-0.15, -0.1) is 0 Å². The number of nitrogens with zero attached hydrogens (tertiary/aromatic N) is 2. The van der Waals surface area contributed by atoms with Crippen LogP contribution in [0.25, 0.3) is 0 Å². The number of aryl methyl sites for hydroxylation is 1. The molecule has 3 aromatic rings. The van der Waals surface area contributed by atoms with Gasteiger partial charge in [0, 0.05) is 13.1 Å². The Hall–Kier alpha value is -4.05. The minimum atomic E-state index is -4.21. The van der Waals surface area contributed by atoms with Crippen molar-refractivity contribution in [1.82, 2.24) is 10.2 Å². The van der Waals surface area contributed by atoms with E-state index in [0.29, 0.717) is 31.1 Å². The molecule has 0 aliphatic heterocycles. The Morgan fingerprint density at radius 1 is 0.953 bits per heavy atom. The van der Waals surface area contributed by atoms with Crippen LogP contribution in [0.5, 0.6) is 11.5 Å². The highest BCUT2D eigenvalue weighted by molar-refractivity contribution is 7.92. The van der Waals surface area contributed by atoms with Crippen LogP contribution in [0.3, 0.4) is 0 Å². The number of hydrogen-bond donors (Lipinski definition) is 1. The molecule has 0 aliphatic carbocycles. The van der Waals surface area contributed by atoms with Gasteiger partial charge in [-0.2, -0.15) is 0 Å². The van der Waals surface area contributed by atoms with Crippen molar-refractivity contribution in [2.24, 2.45) is 5.92 Å². The molecule has 232 valence electrons. The molecule has 0 saturated heterocycles. The molecule has 0 heterocycles. The van der Waals surface area contributed by atoms with E-state index < -0.39 is 28.5 Å². The van der Waals surface area contributed by atoms with Crippen LogP contribution in [-0.2, 0) is 26.2 Å². The summed E-state index contributed by atoms with van der Waals surface area (Å²) in [6.45, 7) is 9.77. The van der Waals surface area contributed by atoms with Gasteiger partial charge in [0.1, 0.15) is 24.1 Å². The minimum absolute atomic E-state index is 0.0401. The summed E-state index contributed by atoms with van der Waals surface area (Å²) in [7, 11) is -2.66. The molecule has 0 aromatic heterocycles. The van der Waals surface area contributed by atoms with Gasteiger partial charge in [0.2, 0.25) is 11.8 Å². The molecule has 3 aromatic carbocycles. The van der Waals surface area contributed by atoms with Crippen LogP contribution in [0.2, 0.25) is 0 Å². The number of benzene rings is 3. The number of para-hydroxylation sites is 2. The maximum atomic E-state index is 14.3. The molecule has 0 saturated carbocycles. The molecule has 1 atom stereocenters. The topological polar surface area (TPSA) is 105 Å². The zero-order valence-corrected chi connectivity index (χ0v) is 26.7. The highest BCUT2D eigenvalue weighted by Gasteiger charge is 2.34. The van der Waals surface area contributed by atoms with Gasteiger partial charge in [-0.3, -0.25) is 13.9 Å². The van der Waals surface area contributed by atoms with Crippen LogP contribution in [0, 0.1) is 12.8 Å². The predicted octanol–water partition coefficient (Wildman–Crippen LogP) is 5.18. The number of nitrogens with one attached hydrogen (secondary N) is 1. The number of methoxy groups -OCH3 is 1. The quantitative estimate of drug-likeness (QED) is 0.255. The molecular formula is C33H43N3O6S. The Bertz CT molecular complexity index is 1470. The van der Waals surface area contributed by atoms with Gasteiger partial charge in [0.05, 0.1) is 24.3 Å². The lowest BCUT2D eigenvalue weighted by molar-refractivity contribution is -0.140. The standard InChI is InChI=1S/C33H43N3O6S/c1-7-29(33(38)34-21-24(3)4)35(22-26-12-11-13-27(20-26)41-6)32(37)23-36(30-14-9-10-15-31(30)42-8-2)43(39,40)28-18-16-25(5)17-19-28/h9-20,24,29H,7-8,21-23H2,1-6H3,(H,34,38). The second-order valence-electron chi connectivity index (χ2n) is 10.7. The molecule has 0 spiro atoms. The maximum absolute atomic E-state index is 14.3. The predicted molar refractivity (Wildman–Crippen MR) is 169 cm³/mol. The molecule has 1 N–H and O–H groups in total. The number of carbonyl (C=O) groups excluding carboxylic acids is 2. The Morgan fingerprint density at radius 3 is 2.28 bits per heavy atom. The number of carbonyl (C=O) groups is 2. The van der Waals surface area contributed by atoms with Crippen molar-refractivity contribution < 1.29 is 27.5 Å². The van der Waals surface area contributed by atoms with Crippen molar-refractivity contribution in [1.29, 1.82) is 0 Å². The smallest absolute Gasteiger partial charge is 0.264 e. The van der Waals surface area contributed by atoms with Crippen LogP contribution >= 0.6 is 0 Å². The fourth-order valence-electron chi connectivity index (χ4n) is 4.60. The molecule has 9 nitrogen and oxygen atoms in total. The van der Waals surface area contributed by atoms with Crippen molar-refractivity contribution in [3.63, 3.8) is 0 Å². The zero-order valence-electron chi connectivity index (χ0n) is 25.9. The Kier molecular flexibility index (Phi) is 12.0. The molecule has 10 heteroatoms. The van der Waals surface area contributed by atoms with Gasteiger partial charge < -0.3 is 19.7 Å². The highest BCUT2D eigenvalue weighted by atomic mass is 32.2. The zero-order chi connectivity index (χ0) is 31.6. The molecule has 2 amide bonds. The molecule has 0 aliphatic rings. The molecule has 0 radical (unpaired) electrons. The molecular weight excluding hydrogens is 566 g/mol. The number of amides is 2. The first-order valence-corrected chi connectivity index (χ1v) is 16.0. The van der Waals surface area contributed by atoms with Crippen LogP contribution in [-0.4, -0.2) is 58.0 Å². The minimum Gasteiger partial charge on any atom is -0.497 e. The van der Waals surface area contributed by atoms with Crippen LogP contribution in [0.15, 0.2) is 77.7 Å². The SMILES string of the molecule is CCOc1ccccc1N(CC(=O)N(Cc1cccc(OC)c1)C(CC)C(=O)NCC(C)C)S(=O)(=O)c1ccc(C)cc1. The third-order valence-electron chi connectivity index (χ3n) is 6.88. The van der Waals surface area contributed by atoms with E-state index in [9.17, 15) is 18.0 Å². The van der Waals surface area contributed by atoms with Crippen molar-refractivity contribution in [2.75, 3.05) is 31.1 Å². The third-order valence-corrected chi connectivity index (χ3v) is 8.65. The average Bonchev–Trinajstić information content (AvgIpc) is 2.99. The lowest BCUT2D eigenvalue weighted by Gasteiger charge is -2.33. The summed E-state index contributed by atoms with van der Waals surface area (Å²) in [6.07, 6.45) is 0.333. The van der Waals surface area contributed by atoms with Gasteiger partial charge in [-0.05, 0) is 68.1 Å². The first kappa shape index (κ1) is 33.5. The summed E-state index contributed by atoms with van der Waals surface area (Å²) >= 11 is 0. The summed E-state index contributed by atoms with van der Waals surface area (Å²) in [6, 6.07) is 19.6. The number of ether oxygens (including phenoxy) is 2. The summed E-state index contributed by atoms with van der Waals surface area (Å²) < 4.78 is 40.5. The largest absolute Gasteiger partial charge is 0.497 e. The number of rotatable bonds is 15. The number of sulfonamides is 1. The molecule has 0 bridgehead atoms. The van der Waals surface area contributed by atoms with E-state index in [1.807, 2.05) is 39.8 Å². The van der Waals surface area contributed by atoms with E-state index in [-0.39, 0.29) is 29.0 Å². The van der Waals surface area contributed by atoms with Gasteiger partial charge in [-0.25, -0.2) is 8.42 Å². The summed E-state index contributed by atoms with van der Waals surface area (Å²) in [5.74, 6) is 0.326. The first-order valence-electron chi connectivity index (χ1n) is 14.5. The Balaban J connectivity index is 2.11. The molecule has 3 rings (SSSR count). The highest BCUT2D eigenvalue weighted by Crippen LogP contribution is 2.33. The first-order chi connectivity index (χ1) is 20.5. The van der Waals surface area contributed by atoms with Crippen LogP contribution in [0.4, 0.5) is 5.69 Å². The van der Waals surface area contributed by atoms with Gasteiger partial charge in [0.25, 0.3) is 10.0 Å². The van der Waals surface area contributed by atoms with E-state index in [4.69, 9.17) is 9.47 Å². The normalized spacial score (nSPS) is 12.0. The molecule has 0 fully saturated rings. The van der Waals surface area contributed by atoms with E-state index in [2.05, 4.69) is 5.32 Å². The maximum Gasteiger partial charge on any atom is 0.264 e. The van der Waals surface area contributed by atoms with Gasteiger partial charge in [-0.1, -0.05) is 62.7 Å². The van der Waals surface area contributed by atoms with Gasteiger partial charge >= 0.3 is 0 Å². The Labute approximate surface area is 255 Å².